The van der Waals surface area contributed by atoms with Gasteiger partial charge in [0.15, 0.2) is 25.1 Å². The summed E-state index contributed by atoms with van der Waals surface area (Å²) in [6.07, 6.45) is 6.71. The zero-order valence-corrected chi connectivity index (χ0v) is 20.9. The Hall–Kier alpha value is -4.89. The summed E-state index contributed by atoms with van der Waals surface area (Å²) in [4.78, 5) is 0. The van der Waals surface area contributed by atoms with Crippen LogP contribution in [0.5, 0.6) is 0 Å². The Bertz CT molecular complexity index is 1730. The van der Waals surface area contributed by atoms with Crippen molar-refractivity contribution in [3.05, 3.63) is 163 Å². The van der Waals surface area contributed by atoms with Gasteiger partial charge in [-0.15, -0.1) is 9.13 Å². The molecule has 0 saturated heterocycles. The molecule has 0 N–H and O–H groups in total. The van der Waals surface area contributed by atoms with Gasteiger partial charge < -0.3 is 0 Å². The van der Waals surface area contributed by atoms with Crippen LogP contribution in [0.3, 0.4) is 0 Å². The highest BCUT2D eigenvalue weighted by atomic mass is 15.3. The minimum absolute atomic E-state index is 0.626. The van der Waals surface area contributed by atoms with Crippen molar-refractivity contribution in [1.82, 2.24) is 0 Å². The molecule has 3 aromatic carbocycles. The predicted octanol–water partition coefficient (Wildman–Crippen LogP) is 5.52. The molecule has 2 aliphatic heterocycles. The van der Waals surface area contributed by atoms with Crippen LogP contribution in [0.4, 0.5) is 0 Å². The number of benzene rings is 3. The number of hydrogen-bond acceptors (Lipinski definition) is 0. The van der Waals surface area contributed by atoms with Gasteiger partial charge >= 0.3 is 5.66 Å². The molecule has 0 fully saturated rings. The molecule has 0 bridgehead atoms. The molecule has 178 valence electrons. The Morgan fingerprint density at radius 1 is 0.421 bits per heavy atom. The lowest BCUT2D eigenvalue weighted by molar-refractivity contribution is -0.959. The first kappa shape index (κ1) is 21.2. The molecule has 3 heteroatoms. The van der Waals surface area contributed by atoms with Crippen LogP contribution in [-0.4, -0.2) is 0 Å². The van der Waals surface area contributed by atoms with E-state index in [0.29, 0.717) is 0 Å². The molecule has 0 saturated carbocycles. The van der Waals surface area contributed by atoms with E-state index < -0.39 is 5.66 Å². The van der Waals surface area contributed by atoms with Crippen molar-refractivity contribution in [2.24, 2.45) is 0 Å². The van der Waals surface area contributed by atoms with Crippen LogP contribution in [0.25, 0.3) is 33.8 Å². The molecule has 1 unspecified atom stereocenters. The average Bonchev–Trinajstić information content (AvgIpc) is 3.29. The molecule has 8 rings (SSSR count). The van der Waals surface area contributed by atoms with E-state index in [9.17, 15) is 0 Å². The molecule has 0 aliphatic carbocycles. The number of fused-ring (bicyclic) bond motifs is 13. The van der Waals surface area contributed by atoms with E-state index in [-0.39, 0.29) is 0 Å². The van der Waals surface area contributed by atoms with Crippen molar-refractivity contribution in [1.29, 1.82) is 0 Å². The standard InChI is InChI=1S/C35H26N3/c1-2-14-27-26(13-1)25-36-22-10-7-19-32(36)28-15-3-5-17-30(28)35(37-23-11-8-20-33(27)37)31-18-6-4-16-29(31)34-21-9-12-24-38(34)35/h1-24H,25H2/q+3. The maximum atomic E-state index is 2.50. The molecule has 6 aromatic rings. The molecule has 3 nitrogen and oxygen atoms in total. The lowest BCUT2D eigenvalue weighted by atomic mass is 9.84. The van der Waals surface area contributed by atoms with Crippen molar-refractivity contribution in [3.63, 3.8) is 0 Å². The minimum atomic E-state index is -0.626. The second kappa shape index (κ2) is 8.06. The highest BCUT2D eigenvalue weighted by molar-refractivity contribution is 5.72. The highest BCUT2D eigenvalue weighted by Gasteiger charge is 2.63. The smallest absolute Gasteiger partial charge is 0.194 e. The summed E-state index contributed by atoms with van der Waals surface area (Å²) in [6, 6.07) is 46.3. The van der Waals surface area contributed by atoms with E-state index in [1.165, 1.54) is 50.5 Å². The van der Waals surface area contributed by atoms with Gasteiger partial charge in [0, 0.05) is 42.0 Å². The molecule has 5 heterocycles. The summed E-state index contributed by atoms with van der Waals surface area (Å²) in [5.74, 6) is 0. The van der Waals surface area contributed by atoms with Crippen molar-refractivity contribution >= 4 is 0 Å². The van der Waals surface area contributed by atoms with Gasteiger partial charge in [0.25, 0.3) is 0 Å². The van der Waals surface area contributed by atoms with Crippen molar-refractivity contribution in [3.8, 4) is 33.8 Å². The van der Waals surface area contributed by atoms with Crippen LogP contribution in [0, 0.1) is 0 Å². The summed E-state index contributed by atoms with van der Waals surface area (Å²) in [6.45, 7) is 0.795. The normalized spacial score (nSPS) is 16.4. The van der Waals surface area contributed by atoms with Gasteiger partial charge in [-0.1, -0.05) is 42.5 Å². The first-order chi connectivity index (χ1) is 18.9. The fourth-order valence-corrected chi connectivity index (χ4v) is 6.64. The lowest BCUT2D eigenvalue weighted by Gasteiger charge is -2.25. The SMILES string of the molecule is c1ccc2c(c1)C[n+]1ccccc1-c1ccccc1C1(c3ccccc3-c3cccc[n+]31)[n+]1ccccc1-2. The minimum Gasteiger partial charge on any atom is -0.194 e. The fourth-order valence-electron chi connectivity index (χ4n) is 6.64. The van der Waals surface area contributed by atoms with Crippen LogP contribution in [0.1, 0.15) is 16.7 Å². The molecule has 38 heavy (non-hydrogen) atoms. The maximum Gasteiger partial charge on any atom is 0.417 e. The van der Waals surface area contributed by atoms with E-state index >= 15 is 0 Å². The Balaban J connectivity index is 1.64. The van der Waals surface area contributed by atoms with Crippen molar-refractivity contribution in [2.75, 3.05) is 0 Å². The largest absolute Gasteiger partial charge is 0.417 e. The van der Waals surface area contributed by atoms with Crippen molar-refractivity contribution in [2.45, 2.75) is 12.2 Å². The topological polar surface area (TPSA) is 11.6 Å². The molecule has 1 atom stereocenters. The van der Waals surface area contributed by atoms with Gasteiger partial charge in [-0.25, -0.2) is 0 Å². The molecule has 0 radical (unpaired) electrons. The van der Waals surface area contributed by atoms with E-state index in [2.05, 4.69) is 160 Å². The maximum absolute atomic E-state index is 2.50. The summed E-state index contributed by atoms with van der Waals surface area (Å²) >= 11 is 0. The second-order valence-corrected chi connectivity index (χ2v) is 10.0. The number of hydrogen-bond donors (Lipinski definition) is 0. The van der Waals surface area contributed by atoms with Gasteiger partial charge in [-0.3, -0.25) is 0 Å². The first-order valence-electron chi connectivity index (χ1n) is 13.2. The predicted molar refractivity (Wildman–Crippen MR) is 147 cm³/mol. The third-order valence-electron chi connectivity index (χ3n) is 8.15. The van der Waals surface area contributed by atoms with Gasteiger partial charge in [-0.05, 0) is 48.5 Å². The summed E-state index contributed by atoms with van der Waals surface area (Å²) in [7, 11) is 0. The number of pyridine rings is 3. The van der Waals surface area contributed by atoms with Crippen LogP contribution in [0.15, 0.2) is 146 Å². The van der Waals surface area contributed by atoms with Crippen LogP contribution in [-0.2, 0) is 12.2 Å². The first-order valence-corrected chi connectivity index (χ1v) is 13.2. The van der Waals surface area contributed by atoms with Crippen molar-refractivity contribution < 1.29 is 13.7 Å². The van der Waals surface area contributed by atoms with Crippen LogP contribution in [0.2, 0.25) is 0 Å². The summed E-state index contributed by atoms with van der Waals surface area (Å²) in [5, 5.41) is 0. The molecule has 2 aliphatic rings. The average molecular weight is 489 g/mol. The summed E-state index contributed by atoms with van der Waals surface area (Å²) < 4.78 is 7.36. The monoisotopic (exact) mass is 488 g/mol. The molecular formula is C35H26N3+3. The second-order valence-electron chi connectivity index (χ2n) is 10.0. The molecule has 0 amide bonds. The van der Waals surface area contributed by atoms with Gasteiger partial charge in [-0.2, -0.15) is 4.57 Å². The van der Waals surface area contributed by atoms with Crippen LogP contribution < -0.4 is 13.7 Å². The molecule has 3 aromatic heterocycles. The van der Waals surface area contributed by atoms with Gasteiger partial charge in [0.2, 0.25) is 17.1 Å². The Morgan fingerprint density at radius 3 is 1.58 bits per heavy atom. The summed E-state index contributed by atoms with van der Waals surface area (Å²) in [5.41, 5.74) is 10.5. The fraction of sp³-hybridized carbons (Fsp3) is 0.0571. The van der Waals surface area contributed by atoms with E-state index in [1.807, 2.05) is 0 Å². The quantitative estimate of drug-likeness (QED) is 0.249. The van der Waals surface area contributed by atoms with E-state index in [4.69, 9.17) is 0 Å². The van der Waals surface area contributed by atoms with Crippen LogP contribution >= 0.6 is 0 Å². The zero-order valence-electron chi connectivity index (χ0n) is 20.9. The van der Waals surface area contributed by atoms with E-state index in [1.54, 1.807) is 0 Å². The lowest BCUT2D eigenvalue weighted by Crippen LogP contribution is -2.73. The third kappa shape index (κ3) is 2.76. The Kier molecular flexibility index (Phi) is 4.50. The van der Waals surface area contributed by atoms with Gasteiger partial charge in [0.05, 0.1) is 16.7 Å². The number of aromatic nitrogens is 3. The van der Waals surface area contributed by atoms with Gasteiger partial charge in [0.1, 0.15) is 11.1 Å². The highest BCUT2D eigenvalue weighted by Crippen LogP contribution is 2.43. The number of rotatable bonds is 0. The Labute approximate surface area is 222 Å². The van der Waals surface area contributed by atoms with E-state index in [0.717, 1.165) is 6.54 Å². The molecule has 1 spiro atoms. The Morgan fingerprint density at radius 2 is 0.895 bits per heavy atom. The third-order valence-corrected chi connectivity index (χ3v) is 8.15. The number of nitrogens with zero attached hydrogens (tertiary/aromatic N) is 3. The molecular weight excluding hydrogens is 462 g/mol. The zero-order chi connectivity index (χ0) is 25.1.